The first-order valence-corrected chi connectivity index (χ1v) is 8.86. The Hall–Kier alpha value is -2.88. The minimum absolute atomic E-state index is 0.132. The number of ether oxygens (including phenoxy) is 1. The molecule has 1 fully saturated rings. The van der Waals surface area contributed by atoms with E-state index in [0.29, 0.717) is 5.56 Å². The monoisotopic (exact) mass is 366 g/mol. The van der Waals surface area contributed by atoms with Crippen molar-refractivity contribution in [3.63, 3.8) is 0 Å². The smallest absolute Gasteiger partial charge is 0.407 e. The molecule has 6 heteroatoms. The van der Waals surface area contributed by atoms with E-state index in [2.05, 4.69) is 11.4 Å². The molecular weight excluding hydrogens is 344 g/mol. The van der Waals surface area contributed by atoms with Crippen molar-refractivity contribution in [3.05, 3.63) is 71.3 Å². The number of aliphatic hydroxyl groups excluding tert-OH is 2. The van der Waals surface area contributed by atoms with Crippen molar-refractivity contribution in [3.8, 4) is 6.07 Å². The van der Waals surface area contributed by atoms with E-state index >= 15 is 0 Å². The summed E-state index contributed by atoms with van der Waals surface area (Å²) in [4.78, 5) is 11.7. The van der Waals surface area contributed by atoms with Gasteiger partial charge in [-0.15, -0.1) is 0 Å². The van der Waals surface area contributed by atoms with E-state index in [0.717, 1.165) is 24.0 Å². The maximum Gasteiger partial charge on any atom is 0.407 e. The molecule has 1 aliphatic carbocycles. The number of amides is 1. The number of nitriles is 1. The van der Waals surface area contributed by atoms with Gasteiger partial charge in [-0.2, -0.15) is 5.26 Å². The molecule has 0 saturated heterocycles. The van der Waals surface area contributed by atoms with Crippen LogP contribution >= 0.6 is 0 Å². The number of hydrogen-bond donors (Lipinski definition) is 3. The lowest BCUT2D eigenvalue weighted by atomic mass is 9.94. The third-order valence-electron chi connectivity index (χ3n) is 4.80. The number of benzene rings is 2. The predicted molar refractivity (Wildman–Crippen MR) is 98.6 cm³/mol. The molecular formula is C21H22N2O4. The lowest BCUT2D eigenvalue weighted by molar-refractivity contribution is 0.0184. The van der Waals surface area contributed by atoms with Crippen LogP contribution in [-0.2, 0) is 16.8 Å². The fourth-order valence-corrected chi connectivity index (χ4v) is 2.89. The number of nitrogens with one attached hydrogen (secondary N) is 1. The Morgan fingerprint density at radius 2 is 1.81 bits per heavy atom. The van der Waals surface area contributed by atoms with Gasteiger partial charge in [0.05, 0.1) is 11.5 Å². The van der Waals surface area contributed by atoms with Gasteiger partial charge in [0, 0.05) is 6.54 Å². The fraction of sp³-hybridized carbons (Fsp3) is 0.333. The van der Waals surface area contributed by atoms with E-state index in [-0.39, 0.29) is 18.6 Å². The van der Waals surface area contributed by atoms with Crippen molar-refractivity contribution in [1.29, 1.82) is 5.26 Å². The molecule has 3 N–H and O–H groups in total. The summed E-state index contributed by atoms with van der Waals surface area (Å²) < 4.78 is 5.06. The Morgan fingerprint density at radius 1 is 1.15 bits per heavy atom. The molecule has 2 atom stereocenters. The lowest BCUT2D eigenvalue weighted by Gasteiger charge is -2.19. The zero-order valence-corrected chi connectivity index (χ0v) is 14.8. The summed E-state index contributed by atoms with van der Waals surface area (Å²) in [5, 5.41) is 32.1. The number of alkyl carbamates (subject to hydrolysis) is 1. The highest BCUT2D eigenvalue weighted by Crippen LogP contribution is 2.47. The minimum atomic E-state index is -1.18. The van der Waals surface area contributed by atoms with Crippen LogP contribution in [0.3, 0.4) is 0 Å². The van der Waals surface area contributed by atoms with Gasteiger partial charge in [0.25, 0.3) is 0 Å². The summed E-state index contributed by atoms with van der Waals surface area (Å²) in [7, 11) is 0. The number of rotatable bonds is 7. The zero-order chi connectivity index (χ0) is 19.3. The van der Waals surface area contributed by atoms with Crippen LogP contribution in [0.4, 0.5) is 4.79 Å². The highest BCUT2D eigenvalue weighted by atomic mass is 16.5. The molecule has 1 aliphatic rings. The predicted octanol–water partition coefficient (Wildman–Crippen LogP) is 2.56. The van der Waals surface area contributed by atoms with Crippen molar-refractivity contribution < 1.29 is 19.7 Å². The number of carbonyl (C=O) groups is 1. The topological polar surface area (TPSA) is 103 Å². The number of aliphatic hydroxyl groups is 2. The van der Waals surface area contributed by atoms with Crippen molar-refractivity contribution in [1.82, 2.24) is 5.32 Å². The lowest BCUT2D eigenvalue weighted by Crippen LogP contribution is -2.35. The van der Waals surface area contributed by atoms with Crippen LogP contribution in [-0.4, -0.2) is 29.0 Å². The molecule has 140 valence electrons. The van der Waals surface area contributed by atoms with Gasteiger partial charge in [-0.3, -0.25) is 0 Å². The first-order chi connectivity index (χ1) is 13.0. The molecule has 0 bridgehead atoms. The molecule has 0 aliphatic heterocycles. The molecule has 27 heavy (non-hydrogen) atoms. The summed E-state index contributed by atoms with van der Waals surface area (Å²) >= 11 is 0. The second kappa shape index (κ2) is 8.21. The van der Waals surface area contributed by atoms with Crippen LogP contribution in [0.1, 0.15) is 35.6 Å². The van der Waals surface area contributed by atoms with Crippen LogP contribution in [0.5, 0.6) is 0 Å². The van der Waals surface area contributed by atoms with Crippen molar-refractivity contribution in [2.75, 3.05) is 6.54 Å². The molecule has 0 spiro atoms. The minimum Gasteiger partial charge on any atom is -0.445 e. The molecule has 1 amide bonds. The molecule has 1 saturated carbocycles. The van der Waals surface area contributed by atoms with E-state index in [1.165, 1.54) is 0 Å². The summed E-state index contributed by atoms with van der Waals surface area (Å²) in [6, 6.07) is 18.6. The number of nitrogens with zero attached hydrogens (tertiary/aromatic N) is 1. The van der Waals surface area contributed by atoms with Crippen molar-refractivity contribution in [2.45, 2.75) is 37.1 Å². The van der Waals surface area contributed by atoms with E-state index in [1.54, 1.807) is 12.1 Å². The van der Waals surface area contributed by atoms with Gasteiger partial charge in [-0.05, 0) is 29.5 Å². The Balaban J connectivity index is 1.46. The average molecular weight is 366 g/mol. The van der Waals surface area contributed by atoms with Gasteiger partial charge in [0.2, 0.25) is 0 Å². The Kier molecular flexibility index (Phi) is 5.75. The molecule has 2 aromatic carbocycles. The normalized spacial score (nSPS) is 16.6. The van der Waals surface area contributed by atoms with Gasteiger partial charge >= 0.3 is 6.09 Å². The maximum atomic E-state index is 11.7. The summed E-state index contributed by atoms with van der Waals surface area (Å²) in [6.07, 6.45) is -1.28. The van der Waals surface area contributed by atoms with Crippen LogP contribution < -0.4 is 5.32 Å². The first kappa shape index (κ1) is 18.9. The molecule has 0 heterocycles. The van der Waals surface area contributed by atoms with Crippen molar-refractivity contribution in [2.24, 2.45) is 0 Å². The van der Waals surface area contributed by atoms with Crippen LogP contribution in [0.2, 0.25) is 0 Å². The zero-order valence-electron chi connectivity index (χ0n) is 14.8. The third-order valence-corrected chi connectivity index (χ3v) is 4.80. The van der Waals surface area contributed by atoms with E-state index in [1.807, 2.05) is 42.5 Å². The molecule has 2 aromatic rings. The Bertz CT molecular complexity index is 810. The van der Waals surface area contributed by atoms with Gasteiger partial charge in [0.1, 0.15) is 18.8 Å². The highest BCUT2D eigenvalue weighted by molar-refractivity contribution is 5.67. The maximum absolute atomic E-state index is 11.7. The molecule has 0 radical (unpaired) electrons. The first-order valence-electron chi connectivity index (χ1n) is 8.86. The average Bonchev–Trinajstić information content (AvgIpc) is 3.52. The quantitative estimate of drug-likeness (QED) is 0.699. The number of hydrogen-bond acceptors (Lipinski definition) is 5. The van der Waals surface area contributed by atoms with Crippen LogP contribution in [0, 0.1) is 11.3 Å². The second-order valence-electron chi connectivity index (χ2n) is 6.77. The summed E-state index contributed by atoms with van der Waals surface area (Å²) in [6.45, 7) is -0.00784. The van der Waals surface area contributed by atoms with E-state index in [9.17, 15) is 20.3 Å². The standard InChI is InChI=1S/C21H22N2O4/c22-14-21(10-11-21)17-8-6-16(7-9-17)19(25)18(24)12-23-20(26)27-13-15-4-2-1-3-5-15/h1-9,18-19,24-25H,10-13H2,(H,23,26). The molecule has 6 nitrogen and oxygen atoms in total. The Morgan fingerprint density at radius 3 is 2.41 bits per heavy atom. The Labute approximate surface area is 158 Å². The number of carbonyl (C=O) groups excluding carboxylic acids is 1. The highest BCUT2D eigenvalue weighted by Gasteiger charge is 2.44. The van der Waals surface area contributed by atoms with Gasteiger partial charge < -0.3 is 20.3 Å². The summed E-state index contributed by atoms with van der Waals surface area (Å²) in [5.41, 5.74) is 1.93. The van der Waals surface area contributed by atoms with Crippen molar-refractivity contribution >= 4 is 6.09 Å². The second-order valence-corrected chi connectivity index (χ2v) is 6.77. The third kappa shape index (κ3) is 4.64. The van der Waals surface area contributed by atoms with E-state index < -0.39 is 18.3 Å². The summed E-state index contributed by atoms with van der Waals surface area (Å²) in [5.74, 6) is 0. The van der Waals surface area contributed by atoms with Crippen LogP contribution in [0.25, 0.3) is 0 Å². The van der Waals surface area contributed by atoms with Gasteiger partial charge in [-0.1, -0.05) is 54.6 Å². The molecule has 0 aromatic heterocycles. The van der Waals surface area contributed by atoms with Gasteiger partial charge in [-0.25, -0.2) is 4.79 Å². The van der Waals surface area contributed by atoms with Crippen LogP contribution in [0.15, 0.2) is 54.6 Å². The largest absolute Gasteiger partial charge is 0.445 e. The SMILES string of the molecule is N#CC1(c2ccc(C(O)C(O)CNC(=O)OCc3ccccc3)cc2)CC1. The van der Waals surface area contributed by atoms with Gasteiger partial charge in [0.15, 0.2) is 0 Å². The molecule has 3 rings (SSSR count). The van der Waals surface area contributed by atoms with E-state index in [4.69, 9.17) is 4.74 Å². The molecule has 2 unspecified atom stereocenters. The fourth-order valence-electron chi connectivity index (χ4n) is 2.89.